The van der Waals surface area contributed by atoms with Gasteiger partial charge >= 0.3 is 0 Å². The largest absolute Gasteiger partial charge is 0.336 e. The predicted molar refractivity (Wildman–Crippen MR) is 123 cm³/mol. The van der Waals surface area contributed by atoms with Crippen molar-refractivity contribution in [3.05, 3.63) is 75.0 Å². The Labute approximate surface area is 193 Å². The van der Waals surface area contributed by atoms with Gasteiger partial charge in [-0.25, -0.2) is 4.39 Å². The van der Waals surface area contributed by atoms with Crippen LogP contribution in [0.2, 0.25) is 5.02 Å². The molecule has 10 heteroatoms. The van der Waals surface area contributed by atoms with Crippen molar-refractivity contribution in [3.63, 3.8) is 0 Å². The Kier molecular flexibility index (Phi) is 5.59. The lowest BCUT2D eigenvalue weighted by Crippen LogP contribution is -2.48. The number of rotatable bonds is 4. The first-order valence-corrected chi connectivity index (χ1v) is 11.2. The number of aromatic nitrogens is 4. The number of carbonyl (C=O) groups excluding carboxylic acids is 1. The molecule has 2 aromatic heterocycles. The lowest BCUT2D eigenvalue weighted by Gasteiger charge is -2.34. The molecule has 4 aromatic rings. The maximum atomic E-state index is 14.1. The van der Waals surface area contributed by atoms with E-state index in [-0.39, 0.29) is 17.0 Å². The summed E-state index contributed by atoms with van der Waals surface area (Å²) in [4.78, 5) is 29.4. The highest BCUT2D eigenvalue weighted by atomic mass is 35.5. The average Bonchev–Trinajstić information content (AvgIpc) is 3.24. The Morgan fingerprint density at radius 1 is 1.09 bits per heavy atom. The van der Waals surface area contributed by atoms with Crippen molar-refractivity contribution in [1.82, 2.24) is 29.0 Å². The monoisotopic (exact) mass is 468 g/mol. The molecule has 0 spiro atoms. The highest BCUT2D eigenvalue weighted by Crippen LogP contribution is 2.19. The second-order valence-electron chi connectivity index (χ2n) is 8.01. The maximum Gasteiger partial charge on any atom is 0.262 e. The van der Waals surface area contributed by atoms with Crippen molar-refractivity contribution in [2.45, 2.75) is 20.0 Å². The molecule has 1 aliphatic heterocycles. The summed E-state index contributed by atoms with van der Waals surface area (Å²) in [6.45, 7) is 5.04. The van der Waals surface area contributed by atoms with E-state index in [1.165, 1.54) is 18.2 Å². The number of carbonyl (C=O) groups is 1. The Bertz CT molecular complexity index is 1420. The summed E-state index contributed by atoms with van der Waals surface area (Å²) in [6, 6.07) is 11.4. The molecule has 0 atom stereocenters. The zero-order chi connectivity index (χ0) is 23.1. The van der Waals surface area contributed by atoms with Crippen LogP contribution in [0.5, 0.6) is 0 Å². The fourth-order valence-electron chi connectivity index (χ4n) is 4.34. The highest BCUT2D eigenvalue weighted by molar-refractivity contribution is 6.31. The molecule has 5 rings (SSSR count). The zero-order valence-electron chi connectivity index (χ0n) is 18.0. The first kappa shape index (κ1) is 21.5. The van der Waals surface area contributed by atoms with Crippen molar-refractivity contribution >= 4 is 34.2 Å². The number of para-hydroxylation sites is 1. The second-order valence-corrected chi connectivity index (χ2v) is 8.45. The van der Waals surface area contributed by atoms with Crippen LogP contribution in [0.15, 0.2) is 47.3 Å². The van der Waals surface area contributed by atoms with Crippen LogP contribution in [0.4, 0.5) is 4.39 Å². The van der Waals surface area contributed by atoms with Crippen molar-refractivity contribution in [2.75, 3.05) is 26.2 Å². The number of nitrogens with zero attached hydrogens (tertiary/aromatic N) is 6. The quantitative estimate of drug-likeness (QED) is 0.460. The van der Waals surface area contributed by atoms with E-state index in [2.05, 4.69) is 15.1 Å². The van der Waals surface area contributed by atoms with Crippen LogP contribution in [0, 0.1) is 5.82 Å². The maximum absolute atomic E-state index is 14.1. The van der Waals surface area contributed by atoms with Gasteiger partial charge in [-0.3, -0.25) is 23.5 Å². The van der Waals surface area contributed by atoms with E-state index in [1.54, 1.807) is 9.47 Å². The first-order valence-electron chi connectivity index (χ1n) is 10.8. The fraction of sp³-hybridized carbons (Fsp3) is 0.304. The molecule has 3 heterocycles. The van der Waals surface area contributed by atoms with Gasteiger partial charge in [-0.1, -0.05) is 23.7 Å². The Hall–Kier alpha value is -3.30. The SMILES string of the molecule is CCn1c(=O)c2ccccc2n2c(CN3CCN(C(=O)c4cc(Cl)ccc4F)CC3)nnc12. The van der Waals surface area contributed by atoms with Gasteiger partial charge in [0.25, 0.3) is 11.5 Å². The van der Waals surface area contributed by atoms with Gasteiger partial charge in [-0.15, -0.1) is 10.2 Å². The third kappa shape index (κ3) is 3.77. The summed E-state index contributed by atoms with van der Waals surface area (Å²) >= 11 is 5.94. The third-order valence-electron chi connectivity index (χ3n) is 6.07. The van der Waals surface area contributed by atoms with Crippen LogP contribution in [0.3, 0.4) is 0 Å². The molecule has 8 nitrogen and oxygen atoms in total. The lowest BCUT2D eigenvalue weighted by molar-refractivity contribution is 0.0620. The van der Waals surface area contributed by atoms with Gasteiger partial charge in [0.15, 0.2) is 5.82 Å². The highest BCUT2D eigenvalue weighted by Gasteiger charge is 2.26. The molecule has 1 fully saturated rings. The van der Waals surface area contributed by atoms with Crippen molar-refractivity contribution in [1.29, 1.82) is 0 Å². The number of aryl methyl sites for hydroxylation is 1. The molecule has 1 saturated heterocycles. The molecule has 33 heavy (non-hydrogen) atoms. The van der Waals surface area contributed by atoms with Gasteiger partial charge in [0.2, 0.25) is 5.78 Å². The van der Waals surface area contributed by atoms with Gasteiger partial charge < -0.3 is 4.90 Å². The molecule has 0 unspecified atom stereocenters. The van der Waals surface area contributed by atoms with E-state index >= 15 is 0 Å². The van der Waals surface area contributed by atoms with Crippen LogP contribution in [-0.4, -0.2) is 61.1 Å². The Morgan fingerprint density at radius 3 is 2.61 bits per heavy atom. The number of hydrogen-bond acceptors (Lipinski definition) is 5. The number of amides is 1. The molecular weight excluding hydrogens is 447 g/mol. The summed E-state index contributed by atoms with van der Waals surface area (Å²) in [5, 5.41) is 9.62. The molecular formula is C23H22ClFN6O2. The van der Waals surface area contributed by atoms with Crippen LogP contribution < -0.4 is 5.56 Å². The number of fused-ring (bicyclic) bond motifs is 3. The molecule has 1 amide bonds. The predicted octanol–water partition coefficient (Wildman–Crippen LogP) is 2.81. The Morgan fingerprint density at radius 2 is 1.85 bits per heavy atom. The number of benzene rings is 2. The smallest absolute Gasteiger partial charge is 0.262 e. The van der Waals surface area contributed by atoms with Gasteiger partial charge in [-0.2, -0.15) is 0 Å². The Balaban J connectivity index is 1.38. The molecule has 0 bridgehead atoms. The van der Waals surface area contributed by atoms with Crippen LogP contribution in [-0.2, 0) is 13.1 Å². The van der Waals surface area contributed by atoms with E-state index in [9.17, 15) is 14.0 Å². The molecule has 1 aliphatic rings. The minimum absolute atomic E-state index is 0.0107. The molecule has 170 valence electrons. The van der Waals surface area contributed by atoms with E-state index < -0.39 is 5.82 Å². The van der Waals surface area contributed by atoms with E-state index in [0.29, 0.717) is 55.5 Å². The number of hydrogen-bond donors (Lipinski definition) is 0. The molecule has 0 aliphatic carbocycles. The van der Waals surface area contributed by atoms with Crippen LogP contribution >= 0.6 is 11.6 Å². The van der Waals surface area contributed by atoms with E-state index in [4.69, 9.17) is 11.6 Å². The summed E-state index contributed by atoms with van der Waals surface area (Å²) in [6.07, 6.45) is 0. The van der Waals surface area contributed by atoms with Crippen LogP contribution in [0.1, 0.15) is 23.1 Å². The van der Waals surface area contributed by atoms with Crippen LogP contribution in [0.25, 0.3) is 16.7 Å². The van der Waals surface area contributed by atoms with Gasteiger partial charge in [0.1, 0.15) is 5.82 Å². The standard InChI is InChI=1S/C23H22ClFN6O2/c1-2-30-22(33)16-5-3-4-6-19(16)31-20(26-27-23(30)31)14-28-9-11-29(12-10-28)21(32)17-13-15(24)7-8-18(17)25/h3-8,13H,2,9-12,14H2,1H3. The van der Waals surface area contributed by atoms with Gasteiger partial charge in [-0.05, 0) is 37.3 Å². The third-order valence-corrected chi connectivity index (χ3v) is 6.31. The topological polar surface area (TPSA) is 75.7 Å². The fourth-order valence-corrected chi connectivity index (χ4v) is 4.51. The summed E-state index contributed by atoms with van der Waals surface area (Å²) in [5.41, 5.74) is 0.677. The summed E-state index contributed by atoms with van der Waals surface area (Å²) in [5.74, 6) is 0.307. The normalized spacial score (nSPS) is 14.9. The molecule has 0 radical (unpaired) electrons. The van der Waals surface area contributed by atoms with Crippen molar-refractivity contribution in [3.8, 4) is 0 Å². The van der Waals surface area contributed by atoms with E-state index in [1.807, 2.05) is 35.6 Å². The zero-order valence-corrected chi connectivity index (χ0v) is 18.8. The van der Waals surface area contributed by atoms with Crippen molar-refractivity contribution in [2.24, 2.45) is 0 Å². The summed E-state index contributed by atoms with van der Waals surface area (Å²) < 4.78 is 17.7. The molecule has 0 N–H and O–H groups in total. The lowest BCUT2D eigenvalue weighted by atomic mass is 10.1. The van der Waals surface area contributed by atoms with Gasteiger partial charge in [0, 0.05) is 37.7 Å². The van der Waals surface area contributed by atoms with Crippen molar-refractivity contribution < 1.29 is 9.18 Å². The first-order chi connectivity index (χ1) is 16.0. The summed E-state index contributed by atoms with van der Waals surface area (Å²) in [7, 11) is 0. The number of halogens is 2. The molecule has 0 saturated carbocycles. The van der Waals surface area contributed by atoms with Gasteiger partial charge in [0.05, 0.1) is 23.0 Å². The number of piperazine rings is 1. The minimum Gasteiger partial charge on any atom is -0.336 e. The second kappa shape index (κ2) is 8.57. The molecule has 2 aromatic carbocycles. The minimum atomic E-state index is -0.574. The van der Waals surface area contributed by atoms with E-state index in [0.717, 1.165) is 11.3 Å². The average molecular weight is 469 g/mol.